The number of unbranched alkanes of at least 4 members (excludes halogenated alkanes) is 1. The summed E-state index contributed by atoms with van der Waals surface area (Å²) < 4.78 is 22.4. The molecule has 0 saturated heterocycles. The lowest BCUT2D eigenvalue weighted by Gasteiger charge is -2.12. The van der Waals surface area contributed by atoms with Gasteiger partial charge in [0.2, 0.25) is 5.91 Å². The van der Waals surface area contributed by atoms with Crippen LogP contribution in [0.3, 0.4) is 0 Å². The number of nitrogens with one attached hydrogen (secondary N) is 3. The summed E-state index contributed by atoms with van der Waals surface area (Å²) in [5.74, 6) is 6.86. The van der Waals surface area contributed by atoms with Crippen LogP contribution < -0.4 is 16.0 Å². The number of ether oxygens (including phenoxy) is 4. The van der Waals surface area contributed by atoms with Crippen molar-refractivity contribution in [1.29, 1.82) is 0 Å². The number of benzene rings is 1. The van der Waals surface area contributed by atoms with E-state index in [1.165, 1.54) is 0 Å². The summed E-state index contributed by atoms with van der Waals surface area (Å²) in [4.78, 5) is 25.0. The van der Waals surface area contributed by atoms with Gasteiger partial charge in [-0.1, -0.05) is 73.3 Å². The number of carbonyl (C=O) groups excluding carboxylic acids is 2. The molecule has 1 rings (SSSR count). The zero-order valence-electron chi connectivity index (χ0n) is 26.7. The van der Waals surface area contributed by atoms with E-state index < -0.39 is 0 Å². The fourth-order valence-corrected chi connectivity index (χ4v) is 5.19. The van der Waals surface area contributed by atoms with Gasteiger partial charge in [-0.2, -0.15) is 0 Å². The van der Waals surface area contributed by atoms with Gasteiger partial charge in [-0.3, -0.25) is 4.79 Å². The van der Waals surface area contributed by atoms with E-state index in [4.69, 9.17) is 18.9 Å². The molecular formula is C32H53N3O6S2. The second kappa shape index (κ2) is 26.5. The van der Waals surface area contributed by atoms with E-state index in [2.05, 4.69) is 41.6 Å². The van der Waals surface area contributed by atoms with Crippen LogP contribution in [0.1, 0.15) is 59.4 Å². The zero-order valence-corrected chi connectivity index (χ0v) is 28.3. The van der Waals surface area contributed by atoms with Crippen LogP contribution in [0.2, 0.25) is 0 Å². The number of hydrogen-bond donors (Lipinski definition) is 3. The third-order valence-corrected chi connectivity index (χ3v) is 8.30. The first-order valence-electron chi connectivity index (χ1n) is 15.3. The quantitative estimate of drug-likeness (QED) is 0.0607. The number of hydrogen-bond acceptors (Lipinski definition) is 8. The molecule has 1 atom stereocenters. The molecule has 1 aromatic carbocycles. The van der Waals surface area contributed by atoms with Crippen LogP contribution in [0.4, 0.5) is 4.79 Å². The van der Waals surface area contributed by atoms with E-state index in [-0.39, 0.29) is 17.4 Å². The summed E-state index contributed by atoms with van der Waals surface area (Å²) in [6.07, 6.45) is 3.12. The molecule has 0 heterocycles. The fourth-order valence-electron chi connectivity index (χ4n) is 3.31. The van der Waals surface area contributed by atoms with Crippen molar-refractivity contribution in [1.82, 2.24) is 16.0 Å². The summed E-state index contributed by atoms with van der Waals surface area (Å²) in [5, 5.41) is 8.45. The highest BCUT2D eigenvalue weighted by Crippen LogP contribution is 2.35. The van der Waals surface area contributed by atoms with Crippen molar-refractivity contribution in [3.8, 4) is 11.8 Å². The number of urea groups is 1. The predicted octanol–water partition coefficient (Wildman–Crippen LogP) is 5.28. The predicted molar refractivity (Wildman–Crippen MR) is 177 cm³/mol. The first-order valence-corrected chi connectivity index (χ1v) is 17.5. The van der Waals surface area contributed by atoms with Crippen LogP contribution >= 0.6 is 21.6 Å². The lowest BCUT2D eigenvalue weighted by molar-refractivity contribution is -0.120. The molecule has 3 N–H and O–H groups in total. The summed E-state index contributed by atoms with van der Waals surface area (Å²) in [7, 11) is 3.30. The zero-order chi connectivity index (χ0) is 31.5. The maximum atomic E-state index is 12.2. The smallest absolute Gasteiger partial charge is 0.315 e. The molecule has 1 aromatic rings. The molecule has 43 heavy (non-hydrogen) atoms. The first kappa shape index (κ1) is 39.1. The van der Waals surface area contributed by atoms with Crippen LogP contribution in [0, 0.1) is 23.7 Å². The minimum atomic E-state index is -0.192. The Hall–Kier alpha value is -1.94. The minimum Gasteiger partial charge on any atom is -0.379 e. The highest BCUT2D eigenvalue weighted by Gasteiger charge is 2.07. The molecule has 11 heteroatoms. The molecule has 244 valence electrons. The van der Waals surface area contributed by atoms with Crippen LogP contribution in [-0.2, 0) is 30.2 Å². The van der Waals surface area contributed by atoms with Gasteiger partial charge >= 0.3 is 6.03 Å². The molecular weight excluding hydrogens is 587 g/mol. The Morgan fingerprint density at radius 2 is 1.47 bits per heavy atom. The molecule has 0 fully saturated rings. The molecule has 0 saturated carbocycles. The van der Waals surface area contributed by atoms with Crippen molar-refractivity contribution in [3.05, 3.63) is 29.8 Å². The average molecular weight is 640 g/mol. The van der Waals surface area contributed by atoms with E-state index in [0.29, 0.717) is 77.5 Å². The molecule has 0 spiro atoms. The van der Waals surface area contributed by atoms with Crippen molar-refractivity contribution in [2.45, 2.75) is 70.6 Å². The fraction of sp³-hybridized carbons (Fsp3) is 0.688. The Morgan fingerprint density at radius 1 is 0.791 bits per heavy atom. The lowest BCUT2D eigenvalue weighted by atomic mass is 10.1. The van der Waals surface area contributed by atoms with Crippen molar-refractivity contribution in [2.24, 2.45) is 11.8 Å². The Balaban J connectivity index is 2.01. The van der Waals surface area contributed by atoms with Crippen molar-refractivity contribution >= 4 is 33.5 Å². The standard InChI is InChI=1S/C32H53N3O6S2/c1-26(2)9-8-16-35-32(37)34-15-6-7-18-41-28(5)42-43-30-12-10-29(11-13-30)25-31(36)33-17-20-39-22-24-40-23-21-38-19-14-27(3)4/h10-13,26-28H,6-7,14-25H2,1-5H3,(H,33,36)(H2,34,35,37). The summed E-state index contributed by atoms with van der Waals surface area (Å²) >= 11 is 0. The Labute approximate surface area is 267 Å². The van der Waals surface area contributed by atoms with Crippen molar-refractivity contribution in [2.75, 3.05) is 65.9 Å². The van der Waals surface area contributed by atoms with Gasteiger partial charge in [-0.25, -0.2) is 4.79 Å². The van der Waals surface area contributed by atoms with Gasteiger partial charge in [0.15, 0.2) is 0 Å². The largest absolute Gasteiger partial charge is 0.379 e. The van der Waals surface area contributed by atoms with Gasteiger partial charge in [0.05, 0.1) is 46.0 Å². The van der Waals surface area contributed by atoms with Crippen molar-refractivity contribution < 1.29 is 28.5 Å². The maximum absolute atomic E-state index is 12.2. The number of rotatable bonds is 24. The summed E-state index contributed by atoms with van der Waals surface area (Å²) in [5.41, 5.74) is 1.00. The molecule has 9 nitrogen and oxygen atoms in total. The van der Waals surface area contributed by atoms with Gasteiger partial charge in [0.1, 0.15) is 5.44 Å². The first-order chi connectivity index (χ1) is 20.8. The lowest BCUT2D eigenvalue weighted by Crippen LogP contribution is -2.36. The molecule has 1 unspecified atom stereocenters. The monoisotopic (exact) mass is 639 g/mol. The molecule has 0 aliphatic rings. The molecule has 0 aliphatic heterocycles. The molecule has 0 bridgehead atoms. The highest BCUT2D eigenvalue weighted by atomic mass is 33.1. The number of carbonyl (C=O) groups is 2. The Kier molecular flexibility index (Phi) is 24.1. The third-order valence-electron chi connectivity index (χ3n) is 5.66. The number of amides is 3. The van der Waals surface area contributed by atoms with Crippen molar-refractivity contribution in [3.63, 3.8) is 0 Å². The van der Waals surface area contributed by atoms with E-state index in [1.54, 1.807) is 21.6 Å². The Bertz CT molecular complexity index is 922. The van der Waals surface area contributed by atoms with E-state index in [1.807, 2.05) is 45.0 Å². The van der Waals surface area contributed by atoms with Gasteiger partial charge in [-0.15, -0.1) is 0 Å². The highest BCUT2D eigenvalue weighted by molar-refractivity contribution is 8.76. The normalized spacial score (nSPS) is 11.7. The van der Waals surface area contributed by atoms with Crippen LogP contribution in [-0.4, -0.2) is 83.3 Å². The summed E-state index contributed by atoms with van der Waals surface area (Å²) in [6.45, 7) is 15.9. The van der Waals surface area contributed by atoms with E-state index in [0.717, 1.165) is 36.3 Å². The molecule has 0 aliphatic carbocycles. The Morgan fingerprint density at radius 3 is 2.14 bits per heavy atom. The summed E-state index contributed by atoms with van der Waals surface area (Å²) in [6, 6.07) is 7.82. The molecule has 0 aromatic heterocycles. The van der Waals surface area contributed by atoms with Crippen LogP contribution in [0.25, 0.3) is 0 Å². The third kappa shape index (κ3) is 25.1. The molecule has 0 radical (unpaired) electrons. The second-order valence-electron chi connectivity index (χ2n) is 10.6. The van der Waals surface area contributed by atoms with Gasteiger partial charge in [-0.05, 0) is 49.8 Å². The van der Waals surface area contributed by atoms with E-state index >= 15 is 0 Å². The van der Waals surface area contributed by atoms with E-state index in [9.17, 15) is 9.59 Å². The van der Waals surface area contributed by atoms with Crippen LogP contribution in [0.5, 0.6) is 0 Å². The average Bonchev–Trinajstić information content (AvgIpc) is 2.97. The van der Waals surface area contributed by atoms with Gasteiger partial charge < -0.3 is 34.9 Å². The van der Waals surface area contributed by atoms with Gasteiger partial charge in [0, 0.05) is 37.1 Å². The topological polar surface area (TPSA) is 107 Å². The minimum absolute atomic E-state index is 0.0260. The molecule has 3 amide bonds. The van der Waals surface area contributed by atoms with Gasteiger partial charge in [0.25, 0.3) is 0 Å². The van der Waals surface area contributed by atoms with Crippen LogP contribution in [0.15, 0.2) is 29.2 Å². The maximum Gasteiger partial charge on any atom is 0.315 e. The second-order valence-corrected chi connectivity index (χ2v) is 13.2. The SMILES string of the molecule is CC(C)C#CCNC(=O)NCCCCOC(C)SSc1ccc(CC(=O)NCCOCCOCCOCCC(C)C)cc1.